The van der Waals surface area contributed by atoms with Crippen LogP contribution in [-0.2, 0) is 24.3 Å². The van der Waals surface area contributed by atoms with Crippen molar-refractivity contribution in [3.63, 3.8) is 0 Å². The van der Waals surface area contributed by atoms with Gasteiger partial charge < -0.3 is 10.5 Å². The molecule has 172 valence electrons. The Hall–Kier alpha value is -2.40. The number of carbonyl (C=O) groups excluding carboxylic acids is 1. The lowest BCUT2D eigenvalue weighted by molar-refractivity contribution is 0.0472. The van der Waals surface area contributed by atoms with E-state index >= 15 is 0 Å². The molecule has 0 amide bonds. The Labute approximate surface area is 203 Å². The molecular formula is C26H32Cl2N2O2. The van der Waals surface area contributed by atoms with Gasteiger partial charge in [0.15, 0.2) is 0 Å². The molecule has 2 aromatic carbocycles. The number of pyridine rings is 1. The molecule has 32 heavy (non-hydrogen) atoms. The highest BCUT2D eigenvalue weighted by atomic mass is 35.5. The molecule has 0 radical (unpaired) electrons. The lowest BCUT2D eigenvalue weighted by Gasteiger charge is -2.20. The van der Waals surface area contributed by atoms with Gasteiger partial charge in [0.1, 0.15) is 6.61 Å². The molecule has 0 aliphatic heterocycles. The van der Waals surface area contributed by atoms with E-state index in [1.165, 1.54) is 0 Å². The van der Waals surface area contributed by atoms with Crippen LogP contribution in [0.25, 0.3) is 11.1 Å². The second-order valence-corrected chi connectivity index (χ2v) is 8.10. The third kappa shape index (κ3) is 6.55. The summed E-state index contributed by atoms with van der Waals surface area (Å²) in [4.78, 5) is 18.0. The van der Waals surface area contributed by atoms with E-state index in [1.54, 1.807) is 0 Å². The predicted octanol–water partition coefficient (Wildman–Crippen LogP) is 6.22. The molecule has 0 bridgehead atoms. The number of rotatable bonds is 7. The number of nitrogens with zero attached hydrogens (tertiary/aromatic N) is 1. The van der Waals surface area contributed by atoms with Gasteiger partial charge in [-0.05, 0) is 42.9 Å². The molecule has 3 aromatic rings. The van der Waals surface area contributed by atoms with E-state index in [0.29, 0.717) is 23.7 Å². The van der Waals surface area contributed by atoms with Gasteiger partial charge in [-0.2, -0.15) is 0 Å². The fourth-order valence-corrected chi connectivity index (χ4v) is 3.66. The summed E-state index contributed by atoms with van der Waals surface area (Å²) in [6.45, 7) is 8.77. The summed E-state index contributed by atoms with van der Waals surface area (Å²) >= 11 is 0. The predicted molar refractivity (Wildman–Crippen MR) is 136 cm³/mol. The van der Waals surface area contributed by atoms with Crippen molar-refractivity contribution in [3.8, 4) is 11.1 Å². The molecule has 2 N–H and O–H groups in total. The summed E-state index contributed by atoms with van der Waals surface area (Å²) in [6.07, 6.45) is 0.811. The molecule has 0 atom stereocenters. The largest absolute Gasteiger partial charge is 0.457 e. The number of carbonyl (C=O) groups is 1. The second kappa shape index (κ2) is 12.6. The minimum Gasteiger partial charge on any atom is -0.457 e. The van der Waals surface area contributed by atoms with Gasteiger partial charge in [-0.15, -0.1) is 24.8 Å². The Balaban J connectivity index is 0.00000256. The van der Waals surface area contributed by atoms with Crippen LogP contribution in [0, 0.1) is 19.8 Å². The quantitative estimate of drug-likeness (QED) is 0.412. The average molecular weight is 475 g/mol. The van der Waals surface area contributed by atoms with Gasteiger partial charge in [0, 0.05) is 17.8 Å². The second-order valence-electron chi connectivity index (χ2n) is 8.10. The number of nitrogens with two attached hydrogens (primary N) is 1. The lowest BCUT2D eigenvalue weighted by Crippen LogP contribution is -2.17. The molecule has 3 rings (SSSR count). The maximum absolute atomic E-state index is 13.2. The molecule has 1 aromatic heterocycles. The summed E-state index contributed by atoms with van der Waals surface area (Å²) in [7, 11) is 0. The number of esters is 1. The Morgan fingerprint density at radius 3 is 2.19 bits per heavy atom. The third-order valence-electron chi connectivity index (χ3n) is 5.13. The van der Waals surface area contributed by atoms with Crippen LogP contribution in [0.1, 0.15) is 52.3 Å². The number of hydrogen-bond donors (Lipinski definition) is 1. The van der Waals surface area contributed by atoms with E-state index in [0.717, 1.165) is 39.9 Å². The van der Waals surface area contributed by atoms with Crippen molar-refractivity contribution in [1.82, 2.24) is 4.98 Å². The number of ether oxygens (including phenoxy) is 1. The fourth-order valence-electron chi connectivity index (χ4n) is 3.66. The molecule has 1 heterocycles. The van der Waals surface area contributed by atoms with Gasteiger partial charge in [0.2, 0.25) is 0 Å². The standard InChI is InChI=1S/C26H30N2O2.2ClH/c1-17(2)14-23-22(15-27)25(21-12-10-18(3)11-13-21)24(19(4)28-23)26(29)30-16-20-8-6-5-7-9-20;;/h5-13,17H,14-16,27H2,1-4H3;2*1H. The molecule has 0 aliphatic carbocycles. The van der Waals surface area contributed by atoms with Gasteiger partial charge in [-0.25, -0.2) is 4.79 Å². The summed E-state index contributed by atoms with van der Waals surface area (Å²) in [5, 5.41) is 0. The van der Waals surface area contributed by atoms with Crippen LogP contribution in [-0.4, -0.2) is 11.0 Å². The average Bonchev–Trinajstić information content (AvgIpc) is 2.72. The minimum absolute atomic E-state index is 0. The third-order valence-corrected chi connectivity index (χ3v) is 5.13. The van der Waals surface area contributed by atoms with Crippen LogP contribution in [0.2, 0.25) is 0 Å². The summed E-state index contributed by atoms with van der Waals surface area (Å²) in [6, 6.07) is 17.9. The van der Waals surface area contributed by atoms with Gasteiger partial charge in [-0.1, -0.05) is 74.0 Å². The maximum atomic E-state index is 13.2. The van der Waals surface area contributed by atoms with Gasteiger partial charge >= 0.3 is 5.97 Å². The highest BCUT2D eigenvalue weighted by Gasteiger charge is 2.24. The molecule has 6 heteroatoms. The first-order valence-corrected chi connectivity index (χ1v) is 10.4. The van der Waals surface area contributed by atoms with E-state index in [1.807, 2.05) is 68.4 Å². The van der Waals surface area contributed by atoms with Crippen molar-refractivity contribution in [2.45, 2.75) is 47.3 Å². The Kier molecular flexibility index (Phi) is 10.9. The van der Waals surface area contributed by atoms with Gasteiger partial charge in [-0.3, -0.25) is 4.98 Å². The molecule has 0 saturated carbocycles. The summed E-state index contributed by atoms with van der Waals surface area (Å²) < 4.78 is 5.68. The smallest absolute Gasteiger partial charge is 0.340 e. The van der Waals surface area contributed by atoms with Crippen molar-refractivity contribution in [2.24, 2.45) is 11.7 Å². The van der Waals surface area contributed by atoms with Crippen LogP contribution >= 0.6 is 24.8 Å². The summed E-state index contributed by atoms with van der Waals surface area (Å²) in [5.74, 6) is 0.0641. The van der Waals surface area contributed by atoms with E-state index < -0.39 is 0 Å². The zero-order valence-corrected chi connectivity index (χ0v) is 20.7. The van der Waals surface area contributed by atoms with Crippen LogP contribution in [0.3, 0.4) is 0 Å². The monoisotopic (exact) mass is 474 g/mol. The summed E-state index contributed by atoms with van der Waals surface area (Å²) in [5.41, 5.74) is 13.2. The Morgan fingerprint density at radius 1 is 1.00 bits per heavy atom. The zero-order valence-electron chi connectivity index (χ0n) is 19.1. The number of aromatic nitrogens is 1. The van der Waals surface area contributed by atoms with E-state index in [2.05, 4.69) is 13.8 Å². The number of hydrogen-bond acceptors (Lipinski definition) is 4. The highest BCUT2D eigenvalue weighted by molar-refractivity contribution is 5.99. The van der Waals surface area contributed by atoms with Crippen molar-refractivity contribution < 1.29 is 9.53 Å². The van der Waals surface area contributed by atoms with Gasteiger partial charge in [0.25, 0.3) is 0 Å². The van der Waals surface area contributed by atoms with E-state index in [-0.39, 0.29) is 37.4 Å². The molecule has 0 spiro atoms. The fraction of sp³-hybridized carbons (Fsp3) is 0.308. The first-order valence-electron chi connectivity index (χ1n) is 10.4. The van der Waals surface area contributed by atoms with Crippen LogP contribution in [0.15, 0.2) is 54.6 Å². The molecule has 0 saturated heterocycles. The lowest BCUT2D eigenvalue weighted by atomic mass is 9.90. The number of benzene rings is 2. The van der Waals surface area contributed by atoms with Gasteiger partial charge in [0.05, 0.1) is 11.3 Å². The highest BCUT2D eigenvalue weighted by Crippen LogP contribution is 2.33. The van der Waals surface area contributed by atoms with E-state index in [9.17, 15) is 4.79 Å². The maximum Gasteiger partial charge on any atom is 0.340 e. The molecule has 0 aliphatic rings. The van der Waals surface area contributed by atoms with Crippen molar-refractivity contribution >= 4 is 30.8 Å². The minimum atomic E-state index is -0.370. The van der Waals surface area contributed by atoms with Crippen LogP contribution < -0.4 is 5.73 Å². The van der Waals surface area contributed by atoms with Crippen molar-refractivity contribution in [3.05, 3.63) is 88.2 Å². The molecular weight excluding hydrogens is 443 g/mol. The van der Waals surface area contributed by atoms with Crippen molar-refractivity contribution in [2.75, 3.05) is 0 Å². The topological polar surface area (TPSA) is 65.2 Å². The molecule has 4 nitrogen and oxygen atoms in total. The van der Waals surface area contributed by atoms with Crippen LogP contribution in [0.4, 0.5) is 0 Å². The Morgan fingerprint density at radius 2 is 1.62 bits per heavy atom. The van der Waals surface area contributed by atoms with Crippen molar-refractivity contribution in [1.29, 1.82) is 0 Å². The Bertz CT molecular complexity index is 1020. The number of aryl methyl sites for hydroxylation is 2. The SMILES string of the molecule is Cc1ccc(-c2c(CN)c(CC(C)C)nc(C)c2C(=O)OCc2ccccc2)cc1.Cl.Cl. The normalized spacial score (nSPS) is 10.3. The first-order chi connectivity index (χ1) is 14.4. The van der Waals surface area contributed by atoms with E-state index in [4.69, 9.17) is 15.5 Å². The molecule has 0 unspecified atom stereocenters. The number of halogens is 2. The van der Waals surface area contributed by atoms with Crippen LogP contribution in [0.5, 0.6) is 0 Å². The first kappa shape index (κ1) is 27.6. The zero-order chi connectivity index (χ0) is 21.7. The molecule has 0 fully saturated rings.